The summed E-state index contributed by atoms with van der Waals surface area (Å²) in [4.78, 5) is 35.1. The van der Waals surface area contributed by atoms with E-state index in [2.05, 4.69) is 44.2 Å². The molecule has 2 aromatic carbocycles. The van der Waals surface area contributed by atoms with Gasteiger partial charge in [-0.25, -0.2) is 9.88 Å². The minimum absolute atomic E-state index is 0.300. The molecular formula is C27H26Cl4N8O. The monoisotopic (exact) mass is 618 g/mol. The predicted molar refractivity (Wildman–Crippen MR) is 164 cm³/mol. The van der Waals surface area contributed by atoms with Crippen LogP contribution in [0, 0.1) is 0 Å². The largest absolute Gasteiger partial charge is 0.369 e. The molecule has 4 heterocycles. The Hall–Kier alpha value is -2.82. The molecule has 0 atom stereocenters. The number of fused-ring (bicyclic) bond motifs is 3. The van der Waals surface area contributed by atoms with Crippen molar-refractivity contribution in [3.05, 3.63) is 62.2 Å². The quantitative estimate of drug-likeness (QED) is 0.364. The highest BCUT2D eigenvalue weighted by Crippen LogP contribution is 2.41. The highest BCUT2D eigenvalue weighted by molar-refractivity contribution is 6.44. The Morgan fingerprint density at radius 2 is 1.62 bits per heavy atom. The molecule has 3 aromatic rings. The second kappa shape index (κ2) is 10.9. The summed E-state index contributed by atoms with van der Waals surface area (Å²) in [6, 6.07) is 9.28. The molecule has 1 amide bonds. The summed E-state index contributed by atoms with van der Waals surface area (Å²) >= 11 is 26.3. The van der Waals surface area contributed by atoms with Crippen molar-refractivity contribution < 1.29 is 4.79 Å². The molecule has 0 aliphatic carbocycles. The first kappa shape index (κ1) is 27.4. The number of nitrogens with zero attached hydrogens (tertiary/aromatic N) is 7. The zero-order valence-electron chi connectivity index (χ0n) is 21.8. The van der Waals surface area contributed by atoms with E-state index in [9.17, 15) is 4.79 Å². The summed E-state index contributed by atoms with van der Waals surface area (Å²) in [5.74, 6) is 0.817. The van der Waals surface area contributed by atoms with E-state index in [0.29, 0.717) is 73.9 Å². The zero-order chi connectivity index (χ0) is 28.1. The number of amides is 1. The molecule has 9 nitrogen and oxygen atoms in total. The van der Waals surface area contributed by atoms with Crippen LogP contribution < -0.4 is 20.0 Å². The maximum atomic E-state index is 13.6. The average molecular weight is 620 g/mol. The van der Waals surface area contributed by atoms with Crippen LogP contribution in [0.1, 0.15) is 23.2 Å². The van der Waals surface area contributed by atoms with Crippen molar-refractivity contribution in [2.45, 2.75) is 18.9 Å². The topological polar surface area (TPSA) is 80.2 Å². The van der Waals surface area contributed by atoms with Gasteiger partial charge in [-0.05, 0) is 51.2 Å². The van der Waals surface area contributed by atoms with Gasteiger partial charge in [-0.3, -0.25) is 14.7 Å². The van der Waals surface area contributed by atoms with Gasteiger partial charge < -0.3 is 15.1 Å². The molecule has 40 heavy (non-hydrogen) atoms. The van der Waals surface area contributed by atoms with Crippen LogP contribution in [-0.4, -0.2) is 73.1 Å². The van der Waals surface area contributed by atoms with Gasteiger partial charge in [0.05, 0.1) is 38.0 Å². The number of rotatable bonds is 5. The second-order valence-electron chi connectivity index (χ2n) is 10.1. The fourth-order valence-electron chi connectivity index (χ4n) is 5.41. The second-order valence-corrected chi connectivity index (χ2v) is 11.7. The summed E-state index contributed by atoms with van der Waals surface area (Å²) in [5.41, 5.74) is 2.17. The number of aliphatic imine (C=N–C) groups is 1. The van der Waals surface area contributed by atoms with E-state index in [1.165, 1.54) is 11.1 Å². The van der Waals surface area contributed by atoms with Gasteiger partial charge >= 0.3 is 0 Å². The lowest BCUT2D eigenvalue weighted by Gasteiger charge is -2.37. The summed E-state index contributed by atoms with van der Waals surface area (Å²) in [7, 11) is 4.22. The molecule has 0 saturated carbocycles. The van der Waals surface area contributed by atoms with Crippen molar-refractivity contribution in [1.29, 1.82) is 0 Å². The van der Waals surface area contributed by atoms with E-state index in [1.54, 1.807) is 18.2 Å². The fourth-order valence-corrected chi connectivity index (χ4v) is 6.70. The summed E-state index contributed by atoms with van der Waals surface area (Å²) in [5, 5.41) is 4.98. The molecule has 6 rings (SSSR count). The van der Waals surface area contributed by atoms with Crippen molar-refractivity contribution in [3.8, 4) is 0 Å². The predicted octanol–water partition coefficient (Wildman–Crippen LogP) is 6.20. The number of benzene rings is 2. The first-order valence-electron chi connectivity index (χ1n) is 12.9. The fraction of sp³-hybridized carbons (Fsp3) is 0.333. The molecule has 0 radical (unpaired) electrons. The van der Waals surface area contributed by atoms with Gasteiger partial charge in [-0.15, -0.1) is 0 Å². The lowest BCUT2D eigenvalue weighted by atomic mass is 10.0. The Kier molecular flexibility index (Phi) is 7.43. The van der Waals surface area contributed by atoms with Gasteiger partial charge in [0.2, 0.25) is 11.9 Å². The molecule has 13 heteroatoms. The highest BCUT2D eigenvalue weighted by atomic mass is 35.5. The zero-order valence-corrected chi connectivity index (χ0v) is 24.9. The van der Waals surface area contributed by atoms with Crippen LogP contribution >= 0.6 is 46.4 Å². The summed E-state index contributed by atoms with van der Waals surface area (Å²) < 4.78 is 0. The molecule has 1 aromatic heterocycles. The number of nitrogens with one attached hydrogen (secondary N) is 1. The molecule has 1 saturated heterocycles. The van der Waals surface area contributed by atoms with Gasteiger partial charge in [-0.2, -0.15) is 4.98 Å². The lowest BCUT2D eigenvalue weighted by molar-refractivity contribution is 0.1000. The van der Waals surface area contributed by atoms with Gasteiger partial charge in [0.15, 0.2) is 5.82 Å². The number of aromatic nitrogens is 2. The van der Waals surface area contributed by atoms with Crippen molar-refractivity contribution >= 4 is 87.1 Å². The summed E-state index contributed by atoms with van der Waals surface area (Å²) in [6.45, 7) is 2.80. The Morgan fingerprint density at radius 1 is 0.950 bits per heavy atom. The molecular weight excluding hydrogens is 594 g/mol. The highest BCUT2D eigenvalue weighted by Gasteiger charge is 2.41. The SMILES string of the molecule is CN(C)C1CCN(c2c(Cl)cc(Nc3ncc4c(n3)N3CCN=C3N(c3c(Cl)cccc3Cl)C4=O)cc2Cl)CC1. The third-order valence-electron chi connectivity index (χ3n) is 7.42. The lowest BCUT2D eigenvalue weighted by Crippen LogP contribution is -2.51. The number of carbonyl (C=O) groups excluding carboxylic acids is 1. The molecule has 0 unspecified atom stereocenters. The molecule has 3 aliphatic heterocycles. The Morgan fingerprint density at radius 3 is 2.27 bits per heavy atom. The van der Waals surface area contributed by atoms with Gasteiger partial charge in [0, 0.05) is 37.6 Å². The first-order chi connectivity index (χ1) is 19.2. The van der Waals surface area contributed by atoms with Gasteiger partial charge in [0.25, 0.3) is 5.91 Å². The number of carbonyl (C=O) groups is 1. The van der Waals surface area contributed by atoms with E-state index in [4.69, 9.17) is 46.4 Å². The normalized spacial score (nSPS) is 17.3. The first-order valence-corrected chi connectivity index (χ1v) is 14.4. The maximum Gasteiger partial charge on any atom is 0.270 e. The third kappa shape index (κ3) is 4.84. The van der Waals surface area contributed by atoms with E-state index in [-0.39, 0.29) is 5.91 Å². The van der Waals surface area contributed by atoms with Crippen molar-refractivity contribution in [3.63, 3.8) is 0 Å². The average Bonchev–Trinajstić information content (AvgIpc) is 3.40. The van der Waals surface area contributed by atoms with E-state index in [0.717, 1.165) is 31.6 Å². The molecule has 1 fully saturated rings. The molecule has 0 spiro atoms. The standard InChI is InChI=1S/C27H26Cl4N8O/c1-36(2)16-6-9-37(10-7-16)22-20(30)12-15(13-21(22)31)34-26-33-14-17-24(35-26)38-11-8-32-27(38)39(25(17)40)23-18(28)4-3-5-19(23)29/h3-5,12-14,16H,6-11H2,1-2H3,(H,33,34,35). The number of piperidine rings is 1. The van der Waals surface area contributed by atoms with Gasteiger partial charge in [-0.1, -0.05) is 52.5 Å². The smallest absolute Gasteiger partial charge is 0.270 e. The van der Waals surface area contributed by atoms with E-state index >= 15 is 0 Å². The number of hydrogen-bond acceptors (Lipinski definition) is 8. The Balaban J connectivity index is 1.27. The third-order valence-corrected chi connectivity index (χ3v) is 8.61. The number of anilines is 5. The van der Waals surface area contributed by atoms with E-state index in [1.807, 2.05) is 17.0 Å². The van der Waals surface area contributed by atoms with Crippen molar-refractivity contribution in [2.24, 2.45) is 4.99 Å². The minimum atomic E-state index is -0.359. The van der Waals surface area contributed by atoms with Crippen molar-refractivity contribution in [1.82, 2.24) is 14.9 Å². The van der Waals surface area contributed by atoms with Gasteiger partial charge in [0.1, 0.15) is 5.56 Å². The molecule has 3 aliphatic rings. The van der Waals surface area contributed by atoms with E-state index < -0.39 is 0 Å². The molecule has 1 N–H and O–H groups in total. The van der Waals surface area contributed by atoms with Crippen LogP contribution in [0.15, 0.2) is 41.5 Å². The molecule has 208 valence electrons. The number of halogens is 4. The van der Waals surface area contributed by atoms with Crippen LogP contribution in [0.2, 0.25) is 20.1 Å². The van der Waals surface area contributed by atoms with Crippen LogP contribution in [0.5, 0.6) is 0 Å². The Labute approximate surface area is 252 Å². The maximum absolute atomic E-state index is 13.6. The Bertz CT molecular complexity index is 1480. The molecule has 0 bridgehead atoms. The number of guanidine groups is 1. The summed E-state index contributed by atoms with van der Waals surface area (Å²) in [6.07, 6.45) is 3.58. The number of hydrogen-bond donors (Lipinski definition) is 1. The van der Waals surface area contributed by atoms with Crippen molar-refractivity contribution in [2.75, 3.05) is 60.3 Å². The van der Waals surface area contributed by atoms with Crippen LogP contribution in [0.4, 0.5) is 28.8 Å². The van der Waals surface area contributed by atoms with Crippen LogP contribution in [0.25, 0.3) is 0 Å². The van der Waals surface area contributed by atoms with Crippen LogP contribution in [0.3, 0.4) is 0 Å². The minimum Gasteiger partial charge on any atom is -0.369 e. The van der Waals surface area contributed by atoms with Crippen LogP contribution in [-0.2, 0) is 0 Å². The number of para-hydroxylation sites is 1.